The second kappa shape index (κ2) is 4.78. The highest BCUT2D eigenvalue weighted by Gasteiger charge is 2.28. The van der Waals surface area contributed by atoms with Gasteiger partial charge in [-0.1, -0.05) is 0 Å². The van der Waals surface area contributed by atoms with Crippen molar-refractivity contribution in [3.63, 3.8) is 0 Å². The molecular weight excluding hydrogens is 158 g/mol. The maximum Gasteiger partial charge on any atom is 0.149 e. The van der Waals surface area contributed by atoms with E-state index in [-0.39, 0.29) is 0 Å². The molecule has 1 rings (SSSR count). The summed E-state index contributed by atoms with van der Waals surface area (Å²) in [6, 6.07) is 0. The van der Waals surface area contributed by atoms with Gasteiger partial charge < -0.3 is 5.32 Å². The predicted molar refractivity (Wildman–Crippen MR) is 49.0 cm³/mol. The van der Waals surface area contributed by atoms with Crippen LogP contribution < -0.4 is 5.32 Å². The Kier molecular flexibility index (Phi) is 3.94. The highest BCUT2D eigenvalue weighted by molar-refractivity contribution is 7.98. The van der Waals surface area contributed by atoms with Crippen molar-refractivity contribution >= 4 is 17.5 Å². The molecule has 0 radical (unpaired) electrons. The Bertz CT molecular complexity index is 134. The van der Waals surface area contributed by atoms with E-state index in [2.05, 4.69) is 11.6 Å². The summed E-state index contributed by atoms with van der Waals surface area (Å²) in [5.41, 5.74) is 0. The first-order valence-corrected chi connectivity index (χ1v) is 5.46. The monoisotopic (exact) mass is 173 g/mol. The number of carbonyl (C=O) groups excluding carboxylic acids is 1. The third-order valence-corrected chi connectivity index (χ3v) is 2.43. The van der Waals surface area contributed by atoms with Crippen LogP contribution >= 0.6 is 11.8 Å². The van der Waals surface area contributed by atoms with Crippen molar-refractivity contribution in [3.05, 3.63) is 0 Å². The van der Waals surface area contributed by atoms with Gasteiger partial charge in [0.2, 0.25) is 0 Å². The van der Waals surface area contributed by atoms with Gasteiger partial charge in [-0.05, 0) is 19.1 Å². The zero-order chi connectivity index (χ0) is 8.10. The Hall–Kier alpha value is -0.0200. The van der Waals surface area contributed by atoms with E-state index in [1.807, 2.05) is 0 Å². The van der Waals surface area contributed by atoms with Crippen molar-refractivity contribution in [2.75, 3.05) is 25.1 Å². The number of hydrogen-bond donors (Lipinski definition) is 1. The number of thioether (sulfide) groups is 1. The molecule has 2 nitrogen and oxygen atoms in total. The molecule has 1 aliphatic carbocycles. The van der Waals surface area contributed by atoms with Gasteiger partial charge >= 0.3 is 0 Å². The molecular formula is C8H15NOS. The van der Waals surface area contributed by atoms with Crippen LogP contribution in [0.25, 0.3) is 0 Å². The molecule has 0 aromatic carbocycles. The van der Waals surface area contributed by atoms with E-state index in [4.69, 9.17) is 0 Å². The molecule has 0 bridgehead atoms. The summed E-state index contributed by atoms with van der Waals surface area (Å²) in [5, 5.41) is 3.14. The topological polar surface area (TPSA) is 29.1 Å². The van der Waals surface area contributed by atoms with Gasteiger partial charge in [-0.2, -0.15) is 11.8 Å². The number of rotatable bonds is 6. The lowest BCUT2D eigenvalue weighted by molar-refractivity contribution is -0.119. The van der Waals surface area contributed by atoms with Gasteiger partial charge in [0.05, 0.1) is 6.54 Å². The number of Topliss-reactive ketones (excluding diaryl/α,β-unsaturated/α-hetero) is 1. The highest BCUT2D eigenvalue weighted by atomic mass is 32.2. The second-order valence-electron chi connectivity index (χ2n) is 2.91. The molecule has 1 fully saturated rings. The van der Waals surface area contributed by atoms with Gasteiger partial charge in [0.25, 0.3) is 0 Å². The molecule has 0 amide bonds. The molecule has 3 heteroatoms. The van der Waals surface area contributed by atoms with E-state index in [1.54, 1.807) is 11.8 Å². The molecule has 11 heavy (non-hydrogen) atoms. The van der Waals surface area contributed by atoms with E-state index in [0.29, 0.717) is 18.2 Å². The summed E-state index contributed by atoms with van der Waals surface area (Å²) in [4.78, 5) is 11.1. The Labute approximate surface area is 72.1 Å². The zero-order valence-electron chi connectivity index (χ0n) is 6.93. The van der Waals surface area contributed by atoms with Crippen LogP contribution in [0, 0.1) is 5.92 Å². The molecule has 0 saturated heterocycles. The maximum absolute atomic E-state index is 11.1. The second-order valence-corrected chi connectivity index (χ2v) is 3.90. The van der Waals surface area contributed by atoms with Crippen LogP contribution in [0.2, 0.25) is 0 Å². The fourth-order valence-corrected chi connectivity index (χ4v) is 1.28. The van der Waals surface area contributed by atoms with Crippen molar-refractivity contribution in [2.45, 2.75) is 12.8 Å². The summed E-state index contributed by atoms with van der Waals surface area (Å²) in [5.74, 6) is 1.92. The standard InChI is InChI=1S/C8H15NOS/c1-11-5-4-9-6-8(10)7-2-3-7/h7,9H,2-6H2,1H3. The van der Waals surface area contributed by atoms with Gasteiger partial charge in [-0.3, -0.25) is 4.79 Å². The first-order chi connectivity index (χ1) is 5.34. The largest absolute Gasteiger partial charge is 0.309 e. The Morgan fingerprint density at radius 2 is 2.36 bits per heavy atom. The van der Waals surface area contributed by atoms with Crippen LogP contribution in [0.3, 0.4) is 0 Å². The smallest absolute Gasteiger partial charge is 0.149 e. The third kappa shape index (κ3) is 3.77. The van der Waals surface area contributed by atoms with E-state index in [9.17, 15) is 4.79 Å². The number of nitrogens with one attached hydrogen (secondary N) is 1. The fourth-order valence-electron chi connectivity index (χ4n) is 0.935. The molecule has 1 N–H and O–H groups in total. The molecule has 1 saturated carbocycles. The van der Waals surface area contributed by atoms with Gasteiger partial charge in [0.1, 0.15) is 5.78 Å². The summed E-state index contributed by atoms with van der Waals surface area (Å²) in [6.45, 7) is 1.55. The van der Waals surface area contributed by atoms with Crippen molar-refractivity contribution in [1.82, 2.24) is 5.32 Å². The molecule has 0 heterocycles. The molecule has 0 spiro atoms. The Balaban J connectivity index is 1.89. The molecule has 64 valence electrons. The van der Waals surface area contributed by atoms with Crippen molar-refractivity contribution in [2.24, 2.45) is 5.92 Å². The molecule has 0 unspecified atom stereocenters. The fraction of sp³-hybridized carbons (Fsp3) is 0.875. The number of hydrogen-bond acceptors (Lipinski definition) is 3. The molecule has 0 aliphatic heterocycles. The SMILES string of the molecule is CSCCNCC(=O)C1CC1. The Morgan fingerprint density at radius 3 is 2.91 bits per heavy atom. The quantitative estimate of drug-likeness (QED) is 0.606. The number of carbonyl (C=O) groups is 1. The van der Waals surface area contributed by atoms with Crippen molar-refractivity contribution in [1.29, 1.82) is 0 Å². The van der Waals surface area contributed by atoms with Gasteiger partial charge in [0, 0.05) is 18.2 Å². The average Bonchev–Trinajstić information content (AvgIpc) is 2.79. The number of ketones is 1. The van der Waals surface area contributed by atoms with E-state index < -0.39 is 0 Å². The molecule has 0 atom stereocenters. The Morgan fingerprint density at radius 1 is 1.64 bits per heavy atom. The first kappa shape index (κ1) is 9.07. The molecule has 1 aliphatic rings. The molecule has 0 aromatic rings. The van der Waals surface area contributed by atoms with E-state index in [1.165, 1.54) is 0 Å². The van der Waals surface area contributed by atoms with Gasteiger partial charge in [-0.15, -0.1) is 0 Å². The van der Waals surface area contributed by atoms with Crippen molar-refractivity contribution < 1.29 is 4.79 Å². The van der Waals surface area contributed by atoms with Crippen LogP contribution in [-0.4, -0.2) is 30.9 Å². The van der Waals surface area contributed by atoms with Crippen LogP contribution in [0.5, 0.6) is 0 Å². The first-order valence-electron chi connectivity index (χ1n) is 4.07. The van der Waals surface area contributed by atoms with Crippen molar-refractivity contribution in [3.8, 4) is 0 Å². The average molecular weight is 173 g/mol. The minimum absolute atomic E-state index is 0.408. The lowest BCUT2D eigenvalue weighted by Gasteiger charge is -2.00. The lowest BCUT2D eigenvalue weighted by atomic mass is 10.3. The van der Waals surface area contributed by atoms with E-state index >= 15 is 0 Å². The lowest BCUT2D eigenvalue weighted by Crippen LogP contribution is -2.25. The van der Waals surface area contributed by atoms with Crippen LogP contribution in [0.4, 0.5) is 0 Å². The highest BCUT2D eigenvalue weighted by Crippen LogP contribution is 2.29. The normalized spacial score (nSPS) is 16.8. The summed E-state index contributed by atoms with van der Waals surface area (Å²) >= 11 is 1.80. The summed E-state index contributed by atoms with van der Waals surface area (Å²) < 4.78 is 0. The zero-order valence-corrected chi connectivity index (χ0v) is 7.75. The minimum atomic E-state index is 0.408. The van der Waals surface area contributed by atoms with Gasteiger partial charge in [0.15, 0.2) is 0 Å². The van der Waals surface area contributed by atoms with Crippen LogP contribution in [-0.2, 0) is 4.79 Å². The molecule has 0 aromatic heterocycles. The third-order valence-electron chi connectivity index (χ3n) is 1.81. The van der Waals surface area contributed by atoms with E-state index in [0.717, 1.165) is 25.1 Å². The minimum Gasteiger partial charge on any atom is -0.309 e. The van der Waals surface area contributed by atoms with Crippen LogP contribution in [0.1, 0.15) is 12.8 Å². The van der Waals surface area contributed by atoms with Gasteiger partial charge in [-0.25, -0.2) is 0 Å². The summed E-state index contributed by atoms with van der Waals surface area (Å²) in [6.07, 6.45) is 4.33. The summed E-state index contributed by atoms with van der Waals surface area (Å²) in [7, 11) is 0. The van der Waals surface area contributed by atoms with Crippen LogP contribution in [0.15, 0.2) is 0 Å². The predicted octanol–water partition coefficient (Wildman–Crippen LogP) is 0.918. The maximum atomic E-state index is 11.1.